The highest BCUT2D eigenvalue weighted by Crippen LogP contribution is 2.35. The van der Waals surface area contributed by atoms with Crippen molar-refractivity contribution in [1.29, 1.82) is 0 Å². The molecule has 36 heavy (non-hydrogen) atoms. The van der Waals surface area contributed by atoms with Gasteiger partial charge in [-0.2, -0.15) is 0 Å². The van der Waals surface area contributed by atoms with Gasteiger partial charge in [0, 0.05) is 22.7 Å². The minimum absolute atomic E-state index is 0.0578. The van der Waals surface area contributed by atoms with Gasteiger partial charge in [-0.05, 0) is 76.9 Å². The van der Waals surface area contributed by atoms with Gasteiger partial charge < -0.3 is 15.0 Å². The Morgan fingerprint density at radius 1 is 0.944 bits per heavy atom. The van der Waals surface area contributed by atoms with Crippen LogP contribution in [0.4, 0.5) is 0 Å². The number of hydrogen-bond donors (Lipinski definition) is 1. The maximum Gasteiger partial charge on any atom is 0.338 e. The smallest absolute Gasteiger partial charge is 0.338 e. The number of esters is 1. The van der Waals surface area contributed by atoms with E-state index in [1.807, 2.05) is 24.3 Å². The Morgan fingerprint density at radius 2 is 1.64 bits per heavy atom. The molecule has 0 radical (unpaired) electrons. The number of nitrogens with zero attached hydrogens (tertiary/aromatic N) is 1. The largest absolute Gasteiger partial charge is 0.457 e. The molecular formula is C31H36N2O3. The van der Waals surface area contributed by atoms with Gasteiger partial charge in [0.25, 0.3) is 5.91 Å². The molecule has 0 saturated heterocycles. The molecule has 5 heteroatoms. The van der Waals surface area contributed by atoms with Crippen LogP contribution in [0.5, 0.6) is 0 Å². The van der Waals surface area contributed by atoms with E-state index in [-0.39, 0.29) is 24.1 Å². The Labute approximate surface area is 214 Å². The van der Waals surface area contributed by atoms with Gasteiger partial charge in [-0.1, -0.05) is 66.2 Å². The third-order valence-corrected chi connectivity index (χ3v) is 7.45. The first-order valence-corrected chi connectivity index (χ1v) is 12.7. The van der Waals surface area contributed by atoms with Crippen molar-refractivity contribution in [2.24, 2.45) is 0 Å². The van der Waals surface area contributed by atoms with Crippen molar-refractivity contribution in [3.8, 4) is 0 Å². The Morgan fingerprint density at radius 3 is 2.33 bits per heavy atom. The predicted molar refractivity (Wildman–Crippen MR) is 143 cm³/mol. The molecule has 188 valence electrons. The number of carbonyl (C=O) groups excluding carboxylic acids is 2. The summed E-state index contributed by atoms with van der Waals surface area (Å²) in [4.78, 5) is 27.9. The Hall–Kier alpha value is -3.44. The Balaban J connectivity index is 1.37. The highest BCUT2D eigenvalue weighted by atomic mass is 16.5. The van der Waals surface area contributed by atoms with Crippen LogP contribution >= 0.6 is 0 Å². The number of ether oxygens (including phenoxy) is 1. The lowest BCUT2D eigenvalue weighted by molar-refractivity contribution is 0.0469. The molecule has 1 amide bonds. The van der Waals surface area contributed by atoms with Crippen LogP contribution in [-0.4, -0.2) is 42.5 Å². The fourth-order valence-corrected chi connectivity index (χ4v) is 5.22. The van der Waals surface area contributed by atoms with E-state index in [4.69, 9.17) is 4.74 Å². The van der Waals surface area contributed by atoms with Crippen LogP contribution in [0.3, 0.4) is 0 Å². The summed E-state index contributed by atoms with van der Waals surface area (Å²) in [5.74, 6) is -0.505. The zero-order valence-electron chi connectivity index (χ0n) is 21.5. The maximum atomic E-state index is 13.2. The average molecular weight is 485 g/mol. The van der Waals surface area contributed by atoms with Crippen molar-refractivity contribution in [3.05, 3.63) is 107 Å². The number of likely N-dealkylation sites (N-methyl/N-ethyl adjacent to an activating group) is 1. The van der Waals surface area contributed by atoms with E-state index in [9.17, 15) is 9.59 Å². The van der Waals surface area contributed by atoms with Gasteiger partial charge in [0.1, 0.15) is 6.61 Å². The van der Waals surface area contributed by atoms with E-state index in [0.29, 0.717) is 16.7 Å². The second-order valence-corrected chi connectivity index (χ2v) is 10.1. The Kier molecular flexibility index (Phi) is 8.21. The van der Waals surface area contributed by atoms with E-state index >= 15 is 0 Å². The van der Waals surface area contributed by atoms with E-state index in [0.717, 1.165) is 32.1 Å². The molecule has 0 spiro atoms. The highest BCUT2D eigenvalue weighted by molar-refractivity contribution is 5.96. The number of amides is 1. The van der Waals surface area contributed by atoms with Crippen molar-refractivity contribution in [2.75, 3.05) is 14.1 Å². The Bertz CT molecular complexity index is 1180. The quantitative estimate of drug-likeness (QED) is 0.425. The molecular weight excluding hydrogens is 448 g/mol. The van der Waals surface area contributed by atoms with Gasteiger partial charge in [0.15, 0.2) is 0 Å². The van der Waals surface area contributed by atoms with Gasteiger partial charge in [-0.3, -0.25) is 4.79 Å². The lowest BCUT2D eigenvalue weighted by Gasteiger charge is -2.45. The lowest BCUT2D eigenvalue weighted by atomic mass is 9.74. The van der Waals surface area contributed by atoms with E-state index in [1.165, 1.54) is 11.1 Å². The monoisotopic (exact) mass is 484 g/mol. The van der Waals surface area contributed by atoms with E-state index in [1.54, 1.807) is 30.3 Å². The number of hydrogen-bond acceptors (Lipinski definition) is 4. The SMILES string of the molecule is Cc1cccc(CC2(N(C)C)CCC(NC(=O)c3ccccc3COC(=O)c3ccccc3)CC2)c1. The normalized spacial score (nSPS) is 19.6. The molecule has 3 aromatic carbocycles. The van der Waals surface area contributed by atoms with Gasteiger partial charge in [0.2, 0.25) is 0 Å². The maximum absolute atomic E-state index is 13.2. The molecule has 1 fully saturated rings. The average Bonchev–Trinajstić information content (AvgIpc) is 2.89. The first-order valence-electron chi connectivity index (χ1n) is 12.7. The standard InChI is InChI=1S/C31H36N2O3/c1-23-10-9-11-24(20-23)21-31(33(2)3)18-16-27(17-19-31)32-29(34)28-15-8-7-14-26(28)22-36-30(35)25-12-5-4-6-13-25/h4-15,20,27H,16-19,21-22H2,1-3H3,(H,32,34). The molecule has 1 aliphatic rings. The third-order valence-electron chi connectivity index (χ3n) is 7.45. The molecule has 0 heterocycles. The van der Waals surface area contributed by atoms with E-state index < -0.39 is 5.97 Å². The first-order chi connectivity index (χ1) is 17.4. The van der Waals surface area contributed by atoms with Crippen molar-refractivity contribution in [2.45, 2.75) is 57.2 Å². The highest BCUT2D eigenvalue weighted by Gasteiger charge is 2.37. The molecule has 0 bridgehead atoms. The van der Waals surface area contributed by atoms with Gasteiger partial charge in [-0.15, -0.1) is 0 Å². The number of rotatable bonds is 8. The number of carbonyl (C=O) groups is 2. The second kappa shape index (κ2) is 11.5. The van der Waals surface area contributed by atoms with Crippen molar-refractivity contribution in [1.82, 2.24) is 10.2 Å². The fraction of sp³-hybridized carbons (Fsp3) is 0.355. The third kappa shape index (κ3) is 6.21. The van der Waals surface area contributed by atoms with Crippen LogP contribution in [0.2, 0.25) is 0 Å². The summed E-state index contributed by atoms with van der Waals surface area (Å²) < 4.78 is 5.49. The number of aryl methyl sites for hydroxylation is 1. The molecule has 3 aromatic rings. The fourth-order valence-electron chi connectivity index (χ4n) is 5.22. The predicted octanol–water partition coefficient (Wildman–Crippen LogP) is 5.57. The molecule has 0 aromatic heterocycles. The summed E-state index contributed by atoms with van der Waals surface area (Å²) >= 11 is 0. The minimum atomic E-state index is -0.397. The summed E-state index contributed by atoms with van der Waals surface area (Å²) in [7, 11) is 4.34. The summed E-state index contributed by atoms with van der Waals surface area (Å²) in [5.41, 5.74) is 4.51. The molecule has 0 unspecified atom stereocenters. The molecule has 5 nitrogen and oxygen atoms in total. The molecule has 1 aliphatic carbocycles. The van der Waals surface area contributed by atoms with Gasteiger partial charge in [0.05, 0.1) is 5.56 Å². The van der Waals surface area contributed by atoms with Crippen LogP contribution in [0.1, 0.15) is 63.1 Å². The van der Waals surface area contributed by atoms with Crippen molar-refractivity contribution < 1.29 is 14.3 Å². The summed E-state index contributed by atoms with van der Waals surface area (Å²) in [6, 6.07) is 25.1. The molecule has 4 rings (SSSR count). The van der Waals surface area contributed by atoms with Gasteiger partial charge in [-0.25, -0.2) is 4.79 Å². The van der Waals surface area contributed by atoms with Crippen LogP contribution in [0, 0.1) is 6.92 Å². The van der Waals surface area contributed by atoms with Crippen LogP contribution in [-0.2, 0) is 17.8 Å². The van der Waals surface area contributed by atoms with Gasteiger partial charge >= 0.3 is 5.97 Å². The minimum Gasteiger partial charge on any atom is -0.457 e. The van der Waals surface area contributed by atoms with Crippen molar-refractivity contribution >= 4 is 11.9 Å². The van der Waals surface area contributed by atoms with Crippen molar-refractivity contribution in [3.63, 3.8) is 0 Å². The topological polar surface area (TPSA) is 58.6 Å². The molecule has 0 atom stereocenters. The number of nitrogens with one attached hydrogen (secondary N) is 1. The molecule has 1 saturated carbocycles. The lowest BCUT2D eigenvalue weighted by Crippen LogP contribution is -2.52. The molecule has 1 N–H and O–H groups in total. The van der Waals surface area contributed by atoms with E-state index in [2.05, 4.69) is 55.5 Å². The summed E-state index contributed by atoms with van der Waals surface area (Å²) in [6.07, 6.45) is 4.92. The molecule has 0 aliphatic heterocycles. The second-order valence-electron chi connectivity index (χ2n) is 10.1. The number of benzene rings is 3. The van der Waals surface area contributed by atoms with Crippen LogP contribution in [0.25, 0.3) is 0 Å². The summed E-state index contributed by atoms with van der Waals surface area (Å²) in [5, 5.41) is 3.25. The first kappa shape index (κ1) is 25.6. The van der Waals surface area contributed by atoms with Crippen LogP contribution in [0.15, 0.2) is 78.9 Å². The van der Waals surface area contributed by atoms with Crippen LogP contribution < -0.4 is 5.32 Å². The summed E-state index contributed by atoms with van der Waals surface area (Å²) in [6.45, 7) is 2.20. The zero-order chi connectivity index (χ0) is 25.5. The zero-order valence-corrected chi connectivity index (χ0v) is 21.5.